The first-order chi connectivity index (χ1) is 19.5. The Kier molecular flexibility index (Phi) is 8.20. The summed E-state index contributed by atoms with van der Waals surface area (Å²) in [6.07, 6.45) is 1.01. The van der Waals surface area contributed by atoms with Crippen LogP contribution in [0, 0.1) is 0 Å². The minimum absolute atomic E-state index is 0.0144. The Hall–Kier alpha value is -4.52. The number of hydrogen-bond acceptors (Lipinski definition) is 7. The van der Waals surface area contributed by atoms with E-state index in [1.165, 1.54) is 0 Å². The Labute approximate surface area is 234 Å². The molecule has 1 aliphatic heterocycles. The largest absolute Gasteiger partial charge is 0.497 e. The van der Waals surface area contributed by atoms with Gasteiger partial charge in [-0.2, -0.15) is 0 Å². The molecule has 0 spiro atoms. The SMILES string of the molecule is COc1ccc(C2CC(=O)C3=C(C2)NC(C)=C(C(=O)OCCOc2ccccc2)C3c2ccc(OC)cc2)cc1. The molecular formula is C33H33NO6. The number of dihydropyridines is 1. The molecule has 2 aliphatic rings. The first kappa shape index (κ1) is 27.1. The smallest absolute Gasteiger partial charge is 0.336 e. The van der Waals surface area contributed by atoms with E-state index >= 15 is 0 Å². The number of hydrogen-bond donors (Lipinski definition) is 1. The van der Waals surface area contributed by atoms with Crippen molar-refractivity contribution >= 4 is 11.8 Å². The molecule has 2 atom stereocenters. The molecule has 2 unspecified atom stereocenters. The van der Waals surface area contributed by atoms with Crippen molar-refractivity contribution in [2.75, 3.05) is 27.4 Å². The monoisotopic (exact) mass is 539 g/mol. The number of carbonyl (C=O) groups is 2. The van der Waals surface area contributed by atoms with Crippen molar-refractivity contribution < 1.29 is 28.5 Å². The summed E-state index contributed by atoms with van der Waals surface area (Å²) in [5.74, 6) is 1.20. The van der Waals surface area contributed by atoms with Crippen LogP contribution in [0.15, 0.2) is 101 Å². The van der Waals surface area contributed by atoms with Gasteiger partial charge in [0, 0.05) is 29.3 Å². The van der Waals surface area contributed by atoms with Crippen LogP contribution in [0.5, 0.6) is 17.2 Å². The van der Waals surface area contributed by atoms with Crippen LogP contribution in [-0.4, -0.2) is 39.2 Å². The molecule has 40 heavy (non-hydrogen) atoms. The minimum Gasteiger partial charge on any atom is -0.497 e. The number of rotatable bonds is 9. The molecule has 0 radical (unpaired) electrons. The standard InChI is InChI=1S/C33H33NO6/c1-21-30(33(36)40-18-17-39-27-7-5-4-6-8-27)31(23-11-15-26(38-3)16-12-23)32-28(34-21)19-24(20-29(32)35)22-9-13-25(37-2)14-10-22/h4-16,24,31,34H,17-20H2,1-3H3. The van der Waals surface area contributed by atoms with Gasteiger partial charge in [0.25, 0.3) is 0 Å². The lowest BCUT2D eigenvalue weighted by atomic mass is 9.71. The first-order valence-electron chi connectivity index (χ1n) is 13.4. The van der Waals surface area contributed by atoms with Gasteiger partial charge in [-0.3, -0.25) is 4.79 Å². The number of ether oxygens (including phenoxy) is 4. The van der Waals surface area contributed by atoms with Crippen LogP contribution in [0.4, 0.5) is 0 Å². The molecule has 5 rings (SSSR count). The van der Waals surface area contributed by atoms with Crippen LogP contribution in [-0.2, 0) is 14.3 Å². The lowest BCUT2D eigenvalue weighted by molar-refractivity contribution is -0.140. The van der Waals surface area contributed by atoms with Crippen molar-refractivity contribution in [2.24, 2.45) is 0 Å². The fraction of sp³-hybridized carbons (Fsp3) is 0.273. The summed E-state index contributed by atoms with van der Waals surface area (Å²) in [6.45, 7) is 2.16. The molecule has 1 heterocycles. The zero-order valence-electron chi connectivity index (χ0n) is 22.9. The summed E-state index contributed by atoms with van der Waals surface area (Å²) in [6, 6.07) is 24.7. The van der Waals surface area contributed by atoms with Gasteiger partial charge in [0.1, 0.15) is 30.5 Å². The highest BCUT2D eigenvalue weighted by Gasteiger charge is 2.41. The summed E-state index contributed by atoms with van der Waals surface area (Å²) in [4.78, 5) is 27.3. The number of Topliss-reactive ketones (excluding diaryl/α,β-unsaturated/α-hetero) is 1. The number of para-hydroxylation sites is 1. The number of allylic oxidation sites excluding steroid dienone is 3. The van der Waals surface area contributed by atoms with Crippen LogP contribution >= 0.6 is 0 Å². The van der Waals surface area contributed by atoms with E-state index in [1.54, 1.807) is 14.2 Å². The van der Waals surface area contributed by atoms with Gasteiger partial charge in [-0.15, -0.1) is 0 Å². The third kappa shape index (κ3) is 5.73. The van der Waals surface area contributed by atoms with Crippen molar-refractivity contribution in [2.45, 2.75) is 31.6 Å². The lowest BCUT2D eigenvalue weighted by Gasteiger charge is -2.36. The van der Waals surface area contributed by atoms with Gasteiger partial charge in [0.15, 0.2) is 5.78 Å². The molecule has 7 heteroatoms. The summed E-state index contributed by atoms with van der Waals surface area (Å²) >= 11 is 0. The Balaban J connectivity index is 1.41. The zero-order valence-corrected chi connectivity index (χ0v) is 22.9. The maximum Gasteiger partial charge on any atom is 0.336 e. The van der Waals surface area contributed by atoms with Crippen molar-refractivity contribution in [3.05, 3.63) is 113 Å². The molecule has 206 valence electrons. The highest BCUT2D eigenvalue weighted by molar-refractivity contribution is 6.04. The van der Waals surface area contributed by atoms with E-state index in [-0.39, 0.29) is 24.9 Å². The Bertz CT molecular complexity index is 1420. The fourth-order valence-corrected chi connectivity index (χ4v) is 5.44. The molecule has 0 saturated carbocycles. The summed E-state index contributed by atoms with van der Waals surface area (Å²) in [5.41, 5.74) is 4.48. The molecule has 3 aromatic rings. The first-order valence-corrected chi connectivity index (χ1v) is 13.4. The van der Waals surface area contributed by atoms with E-state index < -0.39 is 11.9 Å². The molecule has 0 aromatic heterocycles. The second-order valence-electron chi connectivity index (χ2n) is 9.86. The van der Waals surface area contributed by atoms with Crippen molar-refractivity contribution in [3.8, 4) is 17.2 Å². The van der Waals surface area contributed by atoms with Crippen LogP contribution in [0.1, 0.15) is 42.7 Å². The maximum absolute atomic E-state index is 13.8. The highest BCUT2D eigenvalue weighted by atomic mass is 16.6. The van der Waals surface area contributed by atoms with Crippen molar-refractivity contribution in [3.63, 3.8) is 0 Å². The predicted molar refractivity (Wildman–Crippen MR) is 151 cm³/mol. The number of nitrogens with one attached hydrogen (secondary N) is 1. The van der Waals surface area contributed by atoms with Gasteiger partial charge in [0.2, 0.25) is 0 Å². The summed E-state index contributed by atoms with van der Waals surface area (Å²) < 4.78 is 22.0. The van der Waals surface area contributed by atoms with E-state index in [1.807, 2.05) is 85.8 Å². The average Bonchev–Trinajstić information content (AvgIpc) is 2.99. The third-order valence-corrected chi connectivity index (χ3v) is 7.41. The predicted octanol–water partition coefficient (Wildman–Crippen LogP) is 5.69. The van der Waals surface area contributed by atoms with Gasteiger partial charge >= 0.3 is 5.97 Å². The number of carbonyl (C=O) groups excluding carboxylic acids is 2. The zero-order chi connectivity index (χ0) is 28.1. The molecule has 0 bridgehead atoms. The second kappa shape index (κ2) is 12.1. The minimum atomic E-state index is -0.547. The van der Waals surface area contributed by atoms with Crippen LogP contribution in [0.3, 0.4) is 0 Å². The normalized spacial score (nSPS) is 18.5. The topological polar surface area (TPSA) is 83.1 Å². The van der Waals surface area contributed by atoms with Crippen molar-refractivity contribution in [1.82, 2.24) is 5.32 Å². The third-order valence-electron chi connectivity index (χ3n) is 7.41. The molecule has 1 aliphatic carbocycles. The molecule has 1 N–H and O–H groups in total. The number of methoxy groups -OCH3 is 2. The molecule has 7 nitrogen and oxygen atoms in total. The van der Waals surface area contributed by atoms with E-state index in [4.69, 9.17) is 18.9 Å². The van der Waals surface area contributed by atoms with Crippen LogP contribution in [0.2, 0.25) is 0 Å². The molecule has 0 amide bonds. The van der Waals surface area contributed by atoms with E-state index in [2.05, 4.69) is 5.32 Å². The number of ketones is 1. The quantitative estimate of drug-likeness (QED) is 0.276. The molecule has 0 saturated heterocycles. The van der Waals surface area contributed by atoms with E-state index in [0.717, 1.165) is 22.6 Å². The van der Waals surface area contributed by atoms with Gasteiger partial charge < -0.3 is 24.3 Å². The highest BCUT2D eigenvalue weighted by Crippen LogP contribution is 2.46. The van der Waals surface area contributed by atoms with Crippen LogP contribution < -0.4 is 19.5 Å². The van der Waals surface area contributed by atoms with Crippen LogP contribution in [0.25, 0.3) is 0 Å². The Morgan fingerprint density at radius 1 is 0.800 bits per heavy atom. The number of benzene rings is 3. The van der Waals surface area contributed by atoms with Crippen molar-refractivity contribution in [1.29, 1.82) is 0 Å². The Morgan fingerprint density at radius 2 is 1.43 bits per heavy atom. The fourth-order valence-electron chi connectivity index (χ4n) is 5.44. The van der Waals surface area contributed by atoms with Gasteiger partial charge in [-0.05, 0) is 66.8 Å². The lowest BCUT2D eigenvalue weighted by Crippen LogP contribution is -2.36. The summed E-state index contributed by atoms with van der Waals surface area (Å²) in [5, 5.41) is 3.40. The molecular weight excluding hydrogens is 506 g/mol. The second-order valence-corrected chi connectivity index (χ2v) is 9.86. The van der Waals surface area contributed by atoms with E-state index in [9.17, 15) is 9.59 Å². The van der Waals surface area contributed by atoms with E-state index in [0.29, 0.717) is 41.2 Å². The van der Waals surface area contributed by atoms with Gasteiger partial charge in [-0.25, -0.2) is 4.79 Å². The summed E-state index contributed by atoms with van der Waals surface area (Å²) in [7, 11) is 3.24. The maximum atomic E-state index is 13.8. The van der Waals surface area contributed by atoms with Gasteiger partial charge in [0.05, 0.1) is 19.8 Å². The van der Waals surface area contributed by atoms with Gasteiger partial charge in [-0.1, -0.05) is 42.5 Å². The Morgan fingerprint density at radius 3 is 2.05 bits per heavy atom. The molecule has 0 fully saturated rings. The number of esters is 1. The average molecular weight is 540 g/mol. The molecule has 3 aromatic carbocycles.